The zero-order valence-corrected chi connectivity index (χ0v) is 15.1. The monoisotopic (exact) mass is 368 g/mol. The molecule has 0 bridgehead atoms. The predicted octanol–water partition coefficient (Wildman–Crippen LogP) is 5.14. The van der Waals surface area contributed by atoms with E-state index in [-0.39, 0.29) is 23.0 Å². The molecule has 1 atom stereocenters. The van der Waals surface area contributed by atoms with Crippen LogP contribution in [0.15, 0.2) is 72.8 Å². The van der Waals surface area contributed by atoms with Gasteiger partial charge >= 0.3 is 5.97 Å². The van der Waals surface area contributed by atoms with E-state index in [1.807, 2.05) is 49.4 Å². The zero-order valence-electron chi connectivity index (χ0n) is 15.1. The Hall–Kier alpha value is -4.09. The van der Waals surface area contributed by atoms with E-state index in [1.165, 1.54) is 0 Å². The summed E-state index contributed by atoms with van der Waals surface area (Å²) in [7, 11) is 0. The second-order valence-corrected chi connectivity index (χ2v) is 5.99. The number of ether oxygens (including phenoxy) is 2. The fraction of sp³-hybridized carbons (Fsp3) is 0.0870. The maximum atomic E-state index is 12.3. The molecule has 0 fully saturated rings. The van der Waals surface area contributed by atoms with E-state index < -0.39 is 5.97 Å². The Morgan fingerprint density at radius 1 is 0.893 bits per heavy atom. The molecule has 0 heterocycles. The Morgan fingerprint density at radius 2 is 1.61 bits per heavy atom. The average Bonchev–Trinajstić information content (AvgIpc) is 2.74. The lowest BCUT2D eigenvalue weighted by Crippen LogP contribution is -2.09. The molecule has 0 spiro atoms. The summed E-state index contributed by atoms with van der Waals surface area (Å²) in [5.41, 5.74) is 1.72. The molecule has 5 heteroatoms. The van der Waals surface area contributed by atoms with Crippen LogP contribution in [0.4, 0.5) is 0 Å². The quantitative estimate of drug-likeness (QED) is 0.582. The highest BCUT2D eigenvalue weighted by Crippen LogP contribution is 2.27. The van der Waals surface area contributed by atoms with Crippen molar-refractivity contribution < 1.29 is 14.3 Å². The molecule has 0 aliphatic carbocycles. The van der Waals surface area contributed by atoms with Crippen LogP contribution in [0.5, 0.6) is 11.5 Å². The fourth-order valence-corrected chi connectivity index (χ4v) is 2.63. The van der Waals surface area contributed by atoms with Gasteiger partial charge in [-0.05, 0) is 48.9 Å². The lowest BCUT2D eigenvalue weighted by molar-refractivity contribution is 0.0338. The maximum Gasteiger partial charge on any atom is 0.338 e. The van der Waals surface area contributed by atoms with Crippen molar-refractivity contribution in [2.75, 3.05) is 0 Å². The molecule has 0 N–H and O–H groups in total. The smallest absolute Gasteiger partial charge is 0.338 e. The van der Waals surface area contributed by atoms with Crippen LogP contribution in [-0.2, 0) is 4.74 Å². The van der Waals surface area contributed by atoms with Crippen molar-refractivity contribution in [3.63, 3.8) is 0 Å². The third kappa shape index (κ3) is 4.17. The number of nitrogens with zero attached hydrogens (tertiary/aromatic N) is 2. The molecule has 5 nitrogen and oxygen atoms in total. The van der Waals surface area contributed by atoms with Gasteiger partial charge in [0.1, 0.15) is 35.3 Å². The first kappa shape index (κ1) is 18.7. The van der Waals surface area contributed by atoms with Crippen molar-refractivity contribution in [1.29, 1.82) is 10.5 Å². The minimum absolute atomic E-state index is 0.171. The van der Waals surface area contributed by atoms with E-state index >= 15 is 0 Å². The van der Waals surface area contributed by atoms with Crippen molar-refractivity contribution >= 4 is 5.97 Å². The molecule has 3 aromatic carbocycles. The zero-order chi connectivity index (χ0) is 19.9. The first-order valence-electron chi connectivity index (χ1n) is 8.59. The Morgan fingerprint density at radius 3 is 2.25 bits per heavy atom. The van der Waals surface area contributed by atoms with Crippen LogP contribution in [0.2, 0.25) is 0 Å². The third-order valence-electron chi connectivity index (χ3n) is 4.13. The number of esters is 1. The minimum atomic E-state index is -0.438. The van der Waals surface area contributed by atoms with Gasteiger partial charge in [0.15, 0.2) is 0 Å². The molecule has 0 aromatic heterocycles. The van der Waals surface area contributed by atoms with E-state index in [0.29, 0.717) is 11.3 Å². The maximum absolute atomic E-state index is 12.3. The molecule has 0 aliphatic rings. The summed E-state index contributed by atoms with van der Waals surface area (Å²) < 4.78 is 11.2. The van der Waals surface area contributed by atoms with Crippen molar-refractivity contribution in [3.05, 3.63) is 95.1 Å². The van der Waals surface area contributed by atoms with Gasteiger partial charge in [0.2, 0.25) is 0 Å². The number of carbonyl (C=O) groups is 1. The van der Waals surface area contributed by atoms with Crippen LogP contribution in [0.1, 0.15) is 40.1 Å². The third-order valence-corrected chi connectivity index (χ3v) is 4.13. The highest BCUT2D eigenvalue weighted by atomic mass is 16.5. The Balaban J connectivity index is 1.71. The van der Waals surface area contributed by atoms with Gasteiger partial charge in [-0.15, -0.1) is 0 Å². The molecule has 0 aliphatic heterocycles. The second kappa shape index (κ2) is 8.53. The lowest BCUT2D eigenvalue weighted by Gasteiger charge is -2.14. The van der Waals surface area contributed by atoms with Crippen molar-refractivity contribution in [2.45, 2.75) is 13.0 Å². The SMILES string of the molecule is C[C@@H](OC(=O)c1ccc(Oc2cccc(C#N)c2C#N)cc1)c1ccccc1. The topological polar surface area (TPSA) is 83.1 Å². The van der Waals surface area contributed by atoms with Crippen LogP contribution in [0, 0.1) is 22.7 Å². The summed E-state index contributed by atoms with van der Waals surface area (Å²) in [5, 5.41) is 18.3. The van der Waals surface area contributed by atoms with Crippen LogP contribution in [-0.4, -0.2) is 5.97 Å². The Bertz CT molecular complexity index is 1060. The first-order chi connectivity index (χ1) is 13.6. The number of hydrogen-bond acceptors (Lipinski definition) is 5. The van der Waals surface area contributed by atoms with E-state index in [4.69, 9.17) is 14.7 Å². The van der Waals surface area contributed by atoms with Crippen LogP contribution < -0.4 is 4.74 Å². The predicted molar refractivity (Wildman–Crippen MR) is 103 cm³/mol. The van der Waals surface area contributed by atoms with Gasteiger partial charge in [-0.3, -0.25) is 0 Å². The summed E-state index contributed by atoms with van der Waals surface area (Å²) in [5.74, 6) is 0.293. The molecular formula is C23H16N2O3. The van der Waals surface area contributed by atoms with Crippen molar-refractivity contribution in [1.82, 2.24) is 0 Å². The fourth-order valence-electron chi connectivity index (χ4n) is 2.63. The van der Waals surface area contributed by atoms with Crippen LogP contribution >= 0.6 is 0 Å². The first-order valence-corrected chi connectivity index (χ1v) is 8.59. The Labute approximate surface area is 163 Å². The summed E-state index contributed by atoms with van der Waals surface area (Å²) >= 11 is 0. The van der Waals surface area contributed by atoms with Gasteiger partial charge in [0, 0.05) is 0 Å². The lowest BCUT2D eigenvalue weighted by atomic mass is 10.1. The van der Waals surface area contributed by atoms with E-state index in [9.17, 15) is 10.1 Å². The largest absolute Gasteiger partial charge is 0.456 e. The van der Waals surface area contributed by atoms with E-state index in [2.05, 4.69) is 0 Å². The van der Waals surface area contributed by atoms with Crippen molar-refractivity contribution in [2.24, 2.45) is 0 Å². The van der Waals surface area contributed by atoms with Gasteiger partial charge in [-0.2, -0.15) is 10.5 Å². The molecule has 0 unspecified atom stereocenters. The average molecular weight is 368 g/mol. The van der Waals surface area contributed by atoms with E-state index in [1.54, 1.807) is 42.5 Å². The Kier molecular flexibility index (Phi) is 5.69. The number of hydrogen-bond donors (Lipinski definition) is 0. The van der Waals surface area contributed by atoms with E-state index in [0.717, 1.165) is 5.56 Å². The number of rotatable bonds is 5. The van der Waals surface area contributed by atoms with Gasteiger partial charge in [0.05, 0.1) is 11.1 Å². The van der Waals surface area contributed by atoms with Gasteiger partial charge < -0.3 is 9.47 Å². The second-order valence-electron chi connectivity index (χ2n) is 5.99. The highest BCUT2D eigenvalue weighted by molar-refractivity contribution is 5.89. The molecule has 0 radical (unpaired) electrons. The minimum Gasteiger partial charge on any atom is -0.456 e. The molecule has 0 saturated carbocycles. The number of nitriles is 2. The molecule has 28 heavy (non-hydrogen) atoms. The normalized spacial score (nSPS) is 11.0. The molecule has 0 saturated heterocycles. The molecule has 0 amide bonds. The summed E-state index contributed by atoms with van der Waals surface area (Å²) in [6.07, 6.45) is -0.364. The summed E-state index contributed by atoms with van der Waals surface area (Å²) in [6.45, 7) is 1.82. The number of benzene rings is 3. The number of carbonyl (C=O) groups excluding carboxylic acids is 1. The van der Waals surface area contributed by atoms with Gasteiger partial charge in [-0.25, -0.2) is 4.79 Å². The molecule has 136 valence electrons. The highest BCUT2D eigenvalue weighted by Gasteiger charge is 2.14. The van der Waals surface area contributed by atoms with Crippen molar-refractivity contribution in [3.8, 4) is 23.6 Å². The van der Waals surface area contributed by atoms with Crippen LogP contribution in [0.3, 0.4) is 0 Å². The molecule has 3 rings (SSSR count). The van der Waals surface area contributed by atoms with Gasteiger partial charge in [-0.1, -0.05) is 36.4 Å². The standard InChI is InChI=1S/C23H16N2O3/c1-16(17-6-3-2-4-7-17)27-23(26)18-10-12-20(13-11-18)28-22-9-5-8-19(14-24)21(22)15-25/h2-13,16H,1H3/t16-/m1/s1. The molecule has 3 aromatic rings. The molecular weight excluding hydrogens is 352 g/mol. The summed E-state index contributed by atoms with van der Waals surface area (Å²) in [6, 6.07) is 24.7. The summed E-state index contributed by atoms with van der Waals surface area (Å²) in [4.78, 5) is 12.3. The van der Waals surface area contributed by atoms with Crippen LogP contribution in [0.25, 0.3) is 0 Å². The van der Waals surface area contributed by atoms with Gasteiger partial charge in [0.25, 0.3) is 0 Å².